The van der Waals surface area contributed by atoms with Gasteiger partial charge in [-0.25, -0.2) is 15.0 Å². The summed E-state index contributed by atoms with van der Waals surface area (Å²) in [5.41, 5.74) is 0.831. The van der Waals surface area contributed by atoms with Crippen molar-refractivity contribution in [2.45, 2.75) is 96.7 Å². The number of halogens is 1. The molecule has 0 N–H and O–H groups in total. The van der Waals surface area contributed by atoms with Crippen LogP contribution in [0.15, 0.2) is 24.8 Å². The van der Waals surface area contributed by atoms with E-state index in [0.29, 0.717) is 23.9 Å². The predicted molar refractivity (Wildman–Crippen MR) is 146 cm³/mol. The molecule has 2 aromatic rings. The van der Waals surface area contributed by atoms with Gasteiger partial charge in [0.25, 0.3) is 0 Å². The molecule has 0 amide bonds. The van der Waals surface area contributed by atoms with Gasteiger partial charge in [0.1, 0.15) is 11.8 Å². The molecular weight excluding hydrogens is 480 g/mol. The van der Waals surface area contributed by atoms with Crippen LogP contribution in [-0.4, -0.2) is 49.4 Å². The molecule has 1 aliphatic rings. The van der Waals surface area contributed by atoms with Crippen LogP contribution >= 0.6 is 11.6 Å². The molecule has 6 nitrogen and oxygen atoms in total. The summed E-state index contributed by atoms with van der Waals surface area (Å²) in [5.74, 6) is 0. The van der Waals surface area contributed by atoms with Gasteiger partial charge >= 0.3 is 0 Å². The van der Waals surface area contributed by atoms with Gasteiger partial charge in [0.2, 0.25) is 0 Å². The molecule has 0 saturated heterocycles. The van der Waals surface area contributed by atoms with Crippen molar-refractivity contribution in [2.75, 3.05) is 13.2 Å². The number of hydrogen-bond donors (Lipinski definition) is 0. The molecule has 0 aromatic carbocycles. The van der Waals surface area contributed by atoms with E-state index in [9.17, 15) is 0 Å². The minimum atomic E-state index is -1.93. The van der Waals surface area contributed by atoms with Gasteiger partial charge in [-0.05, 0) is 49.6 Å². The first-order valence-corrected chi connectivity index (χ1v) is 18.3. The number of nitrogens with zero attached hydrogens (tertiary/aromatic N) is 4. The van der Waals surface area contributed by atoms with Gasteiger partial charge < -0.3 is 13.4 Å². The van der Waals surface area contributed by atoms with Crippen LogP contribution in [0.3, 0.4) is 0 Å². The van der Waals surface area contributed by atoms with E-state index in [1.807, 2.05) is 6.33 Å². The number of aromatic nitrogens is 4. The summed E-state index contributed by atoms with van der Waals surface area (Å²) in [4.78, 5) is 13.1. The van der Waals surface area contributed by atoms with Crippen LogP contribution in [0.4, 0.5) is 0 Å². The minimum Gasteiger partial charge on any atom is -0.416 e. The Kier molecular flexibility index (Phi) is 7.12. The van der Waals surface area contributed by atoms with Gasteiger partial charge in [-0.1, -0.05) is 65.3 Å². The van der Waals surface area contributed by atoms with Crippen molar-refractivity contribution in [1.29, 1.82) is 0 Å². The predicted octanol–water partition coefficient (Wildman–Crippen LogP) is 7.18. The molecule has 190 valence electrons. The highest BCUT2D eigenvalue weighted by molar-refractivity contribution is 6.74. The van der Waals surface area contributed by atoms with E-state index in [0.717, 1.165) is 12.1 Å². The Bertz CT molecular complexity index is 1040. The maximum Gasteiger partial charge on any atom is 0.192 e. The molecule has 0 spiro atoms. The lowest BCUT2D eigenvalue weighted by molar-refractivity contribution is 0.0846. The van der Waals surface area contributed by atoms with E-state index in [2.05, 4.69) is 106 Å². The quantitative estimate of drug-likeness (QED) is 0.219. The first-order valence-electron chi connectivity index (χ1n) is 12.2. The maximum absolute atomic E-state index is 6.80. The summed E-state index contributed by atoms with van der Waals surface area (Å²) in [7, 11) is -3.86. The molecule has 0 saturated carbocycles. The Hall–Kier alpha value is -1.07. The largest absolute Gasteiger partial charge is 0.416 e. The minimum absolute atomic E-state index is 0.147. The number of hydrogen-bond acceptors (Lipinski definition) is 5. The van der Waals surface area contributed by atoms with E-state index in [-0.39, 0.29) is 21.0 Å². The topological polar surface area (TPSA) is 62.1 Å². The molecule has 0 radical (unpaired) electrons. The third-order valence-corrected chi connectivity index (χ3v) is 17.6. The molecule has 0 fully saturated rings. The average Bonchev–Trinajstić information content (AvgIpc) is 3.27. The second-order valence-corrected chi connectivity index (χ2v) is 23.3. The van der Waals surface area contributed by atoms with Crippen molar-refractivity contribution < 1.29 is 8.85 Å². The summed E-state index contributed by atoms with van der Waals surface area (Å²) in [6.45, 7) is 26.5. The third kappa shape index (κ3) is 5.21. The molecule has 0 bridgehead atoms. The van der Waals surface area contributed by atoms with Gasteiger partial charge in [0.05, 0.1) is 11.9 Å². The summed E-state index contributed by atoms with van der Waals surface area (Å²) < 4.78 is 15.7. The zero-order chi connectivity index (χ0) is 25.8. The third-order valence-electron chi connectivity index (χ3n) is 8.40. The van der Waals surface area contributed by atoms with Crippen molar-refractivity contribution in [1.82, 2.24) is 19.5 Å². The smallest absolute Gasteiger partial charge is 0.192 e. The zero-order valence-corrected chi connectivity index (χ0v) is 25.7. The summed E-state index contributed by atoms with van der Waals surface area (Å²) >= 11 is 6.29. The summed E-state index contributed by atoms with van der Waals surface area (Å²) in [6, 6.07) is 0. The Morgan fingerprint density at radius 2 is 1.44 bits per heavy atom. The zero-order valence-electron chi connectivity index (χ0n) is 22.9. The van der Waals surface area contributed by atoms with Gasteiger partial charge in [-0.2, -0.15) is 0 Å². The Morgan fingerprint density at radius 3 is 1.94 bits per heavy atom. The molecule has 3 rings (SSSR count). The number of rotatable bonds is 7. The fourth-order valence-electron chi connectivity index (χ4n) is 3.85. The highest BCUT2D eigenvalue weighted by Crippen LogP contribution is 2.47. The molecule has 9 heteroatoms. The molecule has 0 aliphatic heterocycles. The average molecular weight is 523 g/mol. The Balaban J connectivity index is 1.94. The van der Waals surface area contributed by atoms with Crippen LogP contribution in [0.1, 0.15) is 54.9 Å². The van der Waals surface area contributed by atoms with Crippen LogP contribution in [0.2, 0.25) is 41.4 Å². The molecule has 2 aromatic heterocycles. The lowest BCUT2D eigenvalue weighted by Crippen LogP contribution is -2.48. The number of allylic oxidation sites excluding steroid dienone is 1. The molecule has 34 heavy (non-hydrogen) atoms. The first-order chi connectivity index (χ1) is 15.3. The maximum atomic E-state index is 6.80. The van der Waals surface area contributed by atoms with Gasteiger partial charge in [0, 0.05) is 18.6 Å². The van der Waals surface area contributed by atoms with E-state index < -0.39 is 16.6 Å². The van der Waals surface area contributed by atoms with E-state index in [4.69, 9.17) is 20.5 Å². The number of imidazole rings is 1. The van der Waals surface area contributed by atoms with E-state index in [1.54, 1.807) is 0 Å². The number of fused-ring (bicyclic) bond motifs is 1. The van der Waals surface area contributed by atoms with Crippen LogP contribution in [0.5, 0.6) is 0 Å². The van der Waals surface area contributed by atoms with Crippen LogP contribution in [-0.2, 0) is 14.4 Å². The van der Waals surface area contributed by atoms with Crippen LogP contribution < -0.4 is 0 Å². The summed E-state index contributed by atoms with van der Waals surface area (Å²) in [6.07, 6.45) is 8.76. The van der Waals surface area contributed by atoms with E-state index >= 15 is 0 Å². The Morgan fingerprint density at radius 1 is 0.912 bits per heavy atom. The van der Waals surface area contributed by atoms with Crippen molar-refractivity contribution >= 4 is 39.4 Å². The van der Waals surface area contributed by atoms with Crippen molar-refractivity contribution in [3.05, 3.63) is 30.0 Å². The molecule has 2 heterocycles. The molecule has 1 unspecified atom stereocenters. The molecule has 1 atom stereocenters. The lowest BCUT2D eigenvalue weighted by Gasteiger charge is -2.43. The highest BCUT2D eigenvalue weighted by atomic mass is 35.5. The van der Waals surface area contributed by atoms with Crippen molar-refractivity contribution in [3.8, 4) is 0 Å². The second kappa shape index (κ2) is 8.80. The fraction of sp³-hybridized carbons (Fsp3) is 0.720. The summed E-state index contributed by atoms with van der Waals surface area (Å²) in [5, 5.41) is 0.672. The second-order valence-electron chi connectivity index (χ2n) is 13.3. The van der Waals surface area contributed by atoms with E-state index in [1.165, 1.54) is 6.33 Å². The Labute approximate surface area is 212 Å². The van der Waals surface area contributed by atoms with Crippen molar-refractivity contribution in [2.24, 2.45) is 5.41 Å². The molecular formula is C25H43ClN4O2Si2. The van der Waals surface area contributed by atoms with Gasteiger partial charge in [-0.3, -0.25) is 0 Å². The van der Waals surface area contributed by atoms with Crippen LogP contribution in [0.25, 0.3) is 11.2 Å². The standard InChI is InChI=1S/C25H43ClN4O2Si2/c1-22(2,3)33(8,9)31-15-25(16-32-34(10,11)23(4,5)6)13-12-24(7,14-25)30-18-29-19-20(26)27-17-28-21(19)30/h12-13,17-18H,14-16H2,1-11H3. The van der Waals surface area contributed by atoms with Crippen LogP contribution in [0, 0.1) is 5.41 Å². The van der Waals surface area contributed by atoms with Gasteiger partial charge in [-0.15, -0.1) is 0 Å². The van der Waals surface area contributed by atoms with Crippen molar-refractivity contribution in [3.63, 3.8) is 0 Å². The fourth-order valence-corrected chi connectivity index (χ4v) is 6.19. The normalized spacial score (nSPS) is 21.5. The van der Waals surface area contributed by atoms with Gasteiger partial charge in [0.15, 0.2) is 27.4 Å². The monoisotopic (exact) mass is 522 g/mol. The SMILES string of the molecule is CC1(n2cnc3c(Cl)ncnc32)C=CC(CO[Si](C)(C)C(C)(C)C)(CO[Si](C)(C)C(C)(C)C)C1. The lowest BCUT2D eigenvalue weighted by atomic mass is 9.84. The highest BCUT2D eigenvalue weighted by Gasteiger charge is 2.48. The molecule has 1 aliphatic carbocycles. The first kappa shape index (κ1) is 27.5.